The van der Waals surface area contributed by atoms with Crippen molar-refractivity contribution in [2.75, 3.05) is 6.61 Å². The number of ether oxygens (including phenoxy) is 1. The summed E-state index contributed by atoms with van der Waals surface area (Å²) in [6, 6.07) is 8.39. The summed E-state index contributed by atoms with van der Waals surface area (Å²) in [6.45, 7) is 4.69. The van der Waals surface area contributed by atoms with E-state index in [0.29, 0.717) is 25.2 Å². The van der Waals surface area contributed by atoms with Crippen molar-refractivity contribution < 1.29 is 9.53 Å². The van der Waals surface area contributed by atoms with Crippen LogP contribution in [0.15, 0.2) is 24.3 Å². The van der Waals surface area contributed by atoms with Gasteiger partial charge in [0.1, 0.15) is 5.78 Å². The summed E-state index contributed by atoms with van der Waals surface area (Å²) in [5.41, 5.74) is 2.01. The van der Waals surface area contributed by atoms with Crippen molar-refractivity contribution >= 4 is 5.78 Å². The Hall–Kier alpha value is -1.15. The van der Waals surface area contributed by atoms with Gasteiger partial charge in [0, 0.05) is 12.8 Å². The SMILES string of the molecule is CCc1ccc(C2(C)CC(=O)CCO2)cc1. The van der Waals surface area contributed by atoms with Crippen LogP contribution in [0.3, 0.4) is 0 Å². The van der Waals surface area contributed by atoms with E-state index in [0.717, 1.165) is 12.0 Å². The minimum Gasteiger partial charge on any atom is -0.370 e. The fraction of sp³-hybridized carbons (Fsp3) is 0.500. The molecule has 1 aliphatic heterocycles. The van der Waals surface area contributed by atoms with Gasteiger partial charge in [0.2, 0.25) is 0 Å². The van der Waals surface area contributed by atoms with Crippen molar-refractivity contribution in [3.63, 3.8) is 0 Å². The van der Waals surface area contributed by atoms with Crippen LogP contribution in [-0.2, 0) is 21.6 Å². The largest absolute Gasteiger partial charge is 0.370 e. The van der Waals surface area contributed by atoms with Gasteiger partial charge in [-0.25, -0.2) is 0 Å². The Balaban J connectivity index is 2.24. The smallest absolute Gasteiger partial charge is 0.138 e. The number of hydrogen-bond acceptors (Lipinski definition) is 2. The van der Waals surface area contributed by atoms with Gasteiger partial charge in [-0.1, -0.05) is 31.2 Å². The molecule has 1 aliphatic rings. The summed E-state index contributed by atoms with van der Waals surface area (Å²) < 4.78 is 5.77. The summed E-state index contributed by atoms with van der Waals surface area (Å²) in [4.78, 5) is 11.5. The van der Waals surface area contributed by atoms with Crippen LogP contribution >= 0.6 is 0 Å². The van der Waals surface area contributed by atoms with E-state index in [1.807, 2.05) is 6.92 Å². The van der Waals surface area contributed by atoms with Crippen LogP contribution in [0.2, 0.25) is 0 Å². The van der Waals surface area contributed by atoms with Gasteiger partial charge >= 0.3 is 0 Å². The fourth-order valence-electron chi connectivity index (χ4n) is 2.18. The summed E-state index contributed by atoms with van der Waals surface area (Å²) in [5.74, 6) is 0.299. The maximum Gasteiger partial charge on any atom is 0.138 e. The molecule has 86 valence electrons. The molecule has 2 nitrogen and oxygen atoms in total. The van der Waals surface area contributed by atoms with Crippen LogP contribution in [0.25, 0.3) is 0 Å². The first-order valence-electron chi connectivity index (χ1n) is 5.89. The van der Waals surface area contributed by atoms with Crippen molar-refractivity contribution in [2.24, 2.45) is 0 Å². The molecule has 0 aliphatic carbocycles. The maximum absolute atomic E-state index is 11.5. The number of ketones is 1. The second-order valence-electron chi connectivity index (χ2n) is 4.60. The molecule has 0 bridgehead atoms. The van der Waals surface area contributed by atoms with Gasteiger partial charge < -0.3 is 4.74 Å². The number of hydrogen-bond donors (Lipinski definition) is 0. The molecular formula is C14H18O2. The summed E-state index contributed by atoms with van der Waals surface area (Å²) in [7, 11) is 0. The molecule has 0 N–H and O–H groups in total. The van der Waals surface area contributed by atoms with E-state index >= 15 is 0 Å². The zero-order chi connectivity index (χ0) is 11.6. The van der Waals surface area contributed by atoms with Crippen molar-refractivity contribution in [1.82, 2.24) is 0 Å². The topological polar surface area (TPSA) is 26.3 Å². The molecule has 1 aromatic rings. The molecule has 0 radical (unpaired) electrons. The zero-order valence-corrected chi connectivity index (χ0v) is 9.95. The predicted molar refractivity (Wildman–Crippen MR) is 63.4 cm³/mol. The summed E-state index contributed by atoms with van der Waals surface area (Å²) >= 11 is 0. The van der Waals surface area contributed by atoms with Crippen LogP contribution in [0.1, 0.15) is 37.8 Å². The van der Waals surface area contributed by atoms with Crippen molar-refractivity contribution in [3.05, 3.63) is 35.4 Å². The molecule has 1 unspecified atom stereocenters. The second-order valence-corrected chi connectivity index (χ2v) is 4.60. The monoisotopic (exact) mass is 218 g/mol. The highest BCUT2D eigenvalue weighted by Gasteiger charge is 2.33. The molecule has 0 aromatic heterocycles. The van der Waals surface area contributed by atoms with Crippen LogP contribution < -0.4 is 0 Å². The standard InChI is InChI=1S/C14H18O2/c1-3-11-4-6-12(7-5-11)14(2)10-13(15)8-9-16-14/h4-7H,3,8-10H2,1-2H3. The van der Waals surface area contributed by atoms with E-state index in [-0.39, 0.29) is 0 Å². The Morgan fingerprint density at radius 3 is 2.56 bits per heavy atom. The molecular weight excluding hydrogens is 200 g/mol. The third kappa shape index (κ3) is 2.17. The molecule has 0 saturated carbocycles. The predicted octanol–water partition coefficient (Wildman–Crippen LogP) is 2.84. The van der Waals surface area contributed by atoms with E-state index in [4.69, 9.17) is 4.74 Å². The Labute approximate surface area is 96.6 Å². The van der Waals surface area contributed by atoms with Crippen LogP contribution in [-0.4, -0.2) is 12.4 Å². The minimum atomic E-state index is -0.415. The third-order valence-electron chi connectivity index (χ3n) is 3.31. The first-order valence-corrected chi connectivity index (χ1v) is 5.89. The average Bonchev–Trinajstić information content (AvgIpc) is 2.29. The molecule has 1 atom stereocenters. The molecule has 1 aromatic carbocycles. The molecule has 2 rings (SSSR count). The van der Waals surface area contributed by atoms with Gasteiger partial charge in [-0.15, -0.1) is 0 Å². The lowest BCUT2D eigenvalue weighted by Gasteiger charge is -2.33. The average molecular weight is 218 g/mol. The normalized spacial score (nSPS) is 25.8. The lowest BCUT2D eigenvalue weighted by atomic mass is 9.87. The first-order chi connectivity index (χ1) is 7.64. The van der Waals surface area contributed by atoms with E-state index in [1.54, 1.807) is 0 Å². The van der Waals surface area contributed by atoms with Gasteiger partial charge in [0.15, 0.2) is 0 Å². The number of carbonyl (C=O) groups excluding carboxylic acids is 1. The van der Waals surface area contributed by atoms with E-state index in [1.165, 1.54) is 5.56 Å². The lowest BCUT2D eigenvalue weighted by Crippen LogP contribution is -2.34. The van der Waals surface area contributed by atoms with Gasteiger partial charge in [-0.05, 0) is 24.5 Å². The number of benzene rings is 1. The Kier molecular flexibility index (Phi) is 3.10. The van der Waals surface area contributed by atoms with E-state index < -0.39 is 5.60 Å². The summed E-state index contributed by atoms with van der Waals surface area (Å²) in [6.07, 6.45) is 2.10. The minimum absolute atomic E-state index is 0.299. The Bertz CT molecular complexity index is 380. The van der Waals surface area contributed by atoms with Gasteiger partial charge in [0.05, 0.1) is 12.2 Å². The summed E-state index contributed by atoms with van der Waals surface area (Å²) in [5, 5.41) is 0. The molecule has 0 spiro atoms. The lowest BCUT2D eigenvalue weighted by molar-refractivity contribution is -0.138. The second kappa shape index (κ2) is 4.38. The third-order valence-corrected chi connectivity index (χ3v) is 3.31. The molecule has 1 heterocycles. The van der Waals surface area contributed by atoms with Gasteiger partial charge in [0.25, 0.3) is 0 Å². The first kappa shape index (κ1) is 11.3. The number of carbonyl (C=O) groups is 1. The van der Waals surface area contributed by atoms with Crippen LogP contribution in [0.5, 0.6) is 0 Å². The highest BCUT2D eigenvalue weighted by molar-refractivity contribution is 5.80. The quantitative estimate of drug-likeness (QED) is 0.763. The number of Topliss-reactive ketones (excluding diaryl/α,β-unsaturated/α-hetero) is 1. The van der Waals surface area contributed by atoms with Crippen molar-refractivity contribution in [3.8, 4) is 0 Å². The highest BCUT2D eigenvalue weighted by atomic mass is 16.5. The molecule has 2 heteroatoms. The van der Waals surface area contributed by atoms with Crippen molar-refractivity contribution in [2.45, 2.75) is 38.7 Å². The van der Waals surface area contributed by atoms with E-state index in [9.17, 15) is 4.79 Å². The zero-order valence-electron chi connectivity index (χ0n) is 9.95. The van der Waals surface area contributed by atoms with Gasteiger partial charge in [-0.3, -0.25) is 4.79 Å². The van der Waals surface area contributed by atoms with Gasteiger partial charge in [-0.2, -0.15) is 0 Å². The number of aryl methyl sites for hydroxylation is 1. The molecule has 1 fully saturated rings. The Morgan fingerprint density at radius 1 is 1.31 bits per heavy atom. The molecule has 1 saturated heterocycles. The fourth-order valence-corrected chi connectivity index (χ4v) is 2.18. The number of rotatable bonds is 2. The maximum atomic E-state index is 11.5. The highest BCUT2D eigenvalue weighted by Crippen LogP contribution is 2.33. The van der Waals surface area contributed by atoms with Crippen LogP contribution in [0, 0.1) is 0 Å². The molecule has 16 heavy (non-hydrogen) atoms. The molecule has 0 amide bonds. The Morgan fingerprint density at radius 2 is 2.00 bits per heavy atom. The van der Waals surface area contributed by atoms with E-state index in [2.05, 4.69) is 31.2 Å². The van der Waals surface area contributed by atoms with Crippen LogP contribution in [0.4, 0.5) is 0 Å². The van der Waals surface area contributed by atoms with Crippen molar-refractivity contribution in [1.29, 1.82) is 0 Å².